The Labute approximate surface area is 114 Å². The van der Waals surface area contributed by atoms with Gasteiger partial charge in [0.2, 0.25) is 0 Å². The topological polar surface area (TPSA) is 56.7 Å². The maximum absolute atomic E-state index is 5.93. The molecule has 1 aromatic carbocycles. The smallest absolute Gasteiger partial charge is 0.142 e. The zero-order chi connectivity index (χ0) is 13.8. The molecule has 19 heavy (non-hydrogen) atoms. The van der Waals surface area contributed by atoms with Crippen LogP contribution in [0.3, 0.4) is 0 Å². The number of hydrogen-bond acceptors (Lipinski definition) is 3. The molecule has 1 aromatic heterocycles. The molecule has 0 fully saturated rings. The molecule has 102 valence electrons. The van der Waals surface area contributed by atoms with E-state index in [2.05, 4.69) is 40.7 Å². The van der Waals surface area contributed by atoms with Crippen LogP contribution >= 0.6 is 0 Å². The SMILES string of the molecule is Cc1nnc(C(CN)CC(C)C)n1-c1ccccc1. The summed E-state index contributed by atoms with van der Waals surface area (Å²) in [6.45, 7) is 6.99. The van der Waals surface area contributed by atoms with Crippen molar-refractivity contribution < 1.29 is 0 Å². The van der Waals surface area contributed by atoms with Gasteiger partial charge in [-0.2, -0.15) is 0 Å². The summed E-state index contributed by atoms with van der Waals surface area (Å²) in [7, 11) is 0. The third-order valence-corrected chi connectivity index (χ3v) is 3.27. The van der Waals surface area contributed by atoms with Crippen molar-refractivity contribution in [3.63, 3.8) is 0 Å². The van der Waals surface area contributed by atoms with Gasteiger partial charge in [-0.15, -0.1) is 10.2 Å². The number of hydrogen-bond donors (Lipinski definition) is 1. The summed E-state index contributed by atoms with van der Waals surface area (Å²) in [4.78, 5) is 0. The predicted octanol–water partition coefficient (Wildman–Crippen LogP) is 2.66. The average molecular weight is 258 g/mol. The molecule has 0 radical (unpaired) electrons. The fourth-order valence-electron chi connectivity index (χ4n) is 2.42. The third kappa shape index (κ3) is 3.01. The van der Waals surface area contributed by atoms with Crippen LogP contribution in [0.15, 0.2) is 30.3 Å². The number of benzene rings is 1. The first-order valence-electron chi connectivity index (χ1n) is 6.81. The molecule has 0 aliphatic carbocycles. The second-order valence-corrected chi connectivity index (χ2v) is 5.34. The minimum atomic E-state index is 0.251. The van der Waals surface area contributed by atoms with Gasteiger partial charge < -0.3 is 5.73 Å². The highest BCUT2D eigenvalue weighted by Gasteiger charge is 2.20. The Bertz CT molecular complexity index is 516. The first-order chi connectivity index (χ1) is 9.13. The van der Waals surface area contributed by atoms with Crippen LogP contribution in [0.25, 0.3) is 5.69 Å². The van der Waals surface area contributed by atoms with E-state index in [0.717, 1.165) is 23.8 Å². The van der Waals surface area contributed by atoms with Crippen LogP contribution in [-0.2, 0) is 0 Å². The van der Waals surface area contributed by atoms with Crippen molar-refractivity contribution in [3.8, 4) is 5.69 Å². The van der Waals surface area contributed by atoms with Crippen LogP contribution in [0.2, 0.25) is 0 Å². The van der Waals surface area contributed by atoms with Gasteiger partial charge in [0.15, 0.2) is 0 Å². The molecule has 0 bridgehead atoms. The van der Waals surface area contributed by atoms with E-state index in [1.54, 1.807) is 0 Å². The molecular formula is C15H22N4. The van der Waals surface area contributed by atoms with Gasteiger partial charge in [0.1, 0.15) is 11.6 Å². The fourth-order valence-corrected chi connectivity index (χ4v) is 2.42. The lowest BCUT2D eigenvalue weighted by Crippen LogP contribution is -2.19. The van der Waals surface area contributed by atoms with Crippen LogP contribution in [0, 0.1) is 12.8 Å². The third-order valence-electron chi connectivity index (χ3n) is 3.27. The normalized spacial score (nSPS) is 12.9. The zero-order valence-corrected chi connectivity index (χ0v) is 11.9. The Morgan fingerprint density at radius 1 is 1.16 bits per heavy atom. The minimum absolute atomic E-state index is 0.251. The molecule has 0 amide bonds. The first kappa shape index (κ1) is 13.7. The largest absolute Gasteiger partial charge is 0.330 e. The van der Waals surface area contributed by atoms with Gasteiger partial charge in [-0.05, 0) is 31.4 Å². The molecule has 2 N–H and O–H groups in total. The number of aromatic nitrogens is 3. The molecule has 0 saturated carbocycles. The maximum Gasteiger partial charge on any atom is 0.142 e. The van der Waals surface area contributed by atoms with E-state index in [-0.39, 0.29) is 5.92 Å². The summed E-state index contributed by atoms with van der Waals surface area (Å²) in [6, 6.07) is 10.2. The van der Waals surface area contributed by atoms with Crippen LogP contribution in [0.4, 0.5) is 0 Å². The summed E-state index contributed by atoms with van der Waals surface area (Å²) in [5, 5.41) is 8.58. The second kappa shape index (κ2) is 5.97. The van der Waals surface area contributed by atoms with Gasteiger partial charge in [0, 0.05) is 18.2 Å². The van der Waals surface area contributed by atoms with Gasteiger partial charge in [0.25, 0.3) is 0 Å². The standard InChI is InChI=1S/C15H22N4/c1-11(2)9-13(10-16)15-18-17-12(3)19(15)14-7-5-4-6-8-14/h4-8,11,13H,9-10,16H2,1-3H3. The van der Waals surface area contributed by atoms with Crippen molar-refractivity contribution in [1.82, 2.24) is 14.8 Å². The zero-order valence-electron chi connectivity index (χ0n) is 11.9. The van der Waals surface area contributed by atoms with Crippen molar-refractivity contribution in [2.24, 2.45) is 11.7 Å². The monoisotopic (exact) mass is 258 g/mol. The van der Waals surface area contributed by atoms with Crippen molar-refractivity contribution >= 4 is 0 Å². The van der Waals surface area contributed by atoms with Crippen molar-refractivity contribution in [2.45, 2.75) is 33.1 Å². The number of aryl methyl sites for hydroxylation is 1. The van der Waals surface area contributed by atoms with E-state index in [1.807, 2.05) is 25.1 Å². The van der Waals surface area contributed by atoms with Crippen molar-refractivity contribution in [1.29, 1.82) is 0 Å². The number of para-hydroxylation sites is 1. The summed E-state index contributed by atoms with van der Waals surface area (Å²) >= 11 is 0. The molecule has 1 atom stereocenters. The highest BCUT2D eigenvalue weighted by molar-refractivity contribution is 5.34. The van der Waals surface area contributed by atoms with E-state index in [9.17, 15) is 0 Å². The molecule has 2 rings (SSSR count). The summed E-state index contributed by atoms with van der Waals surface area (Å²) in [6.07, 6.45) is 1.03. The number of rotatable bonds is 5. The Balaban J connectivity index is 2.42. The lowest BCUT2D eigenvalue weighted by Gasteiger charge is -2.18. The number of nitrogens with zero attached hydrogens (tertiary/aromatic N) is 3. The summed E-state index contributed by atoms with van der Waals surface area (Å²) in [5.74, 6) is 2.72. The fraction of sp³-hybridized carbons (Fsp3) is 0.467. The van der Waals surface area contributed by atoms with Gasteiger partial charge in [-0.1, -0.05) is 32.0 Å². The molecule has 2 aromatic rings. The molecule has 0 saturated heterocycles. The minimum Gasteiger partial charge on any atom is -0.330 e. The Morgan fingerprint density at radius 3 is 2.42 bits per heavy atom. The number of nitrogens with two attached hydrogens (primary N) is 1. The maximum atomic E-state index is 5.93. The molecule has 1 unspecified atom stereocenters. The molecule has 1 heterocycles. The summed E-state index contributed by atoms with van der Waals surface area (Å²) in [5.41, 5.74) is 7.03. The van der Waals surface area contributed by atoms with E-state index in [4.69, 9.17) is 5.73 Å². The van der Waals surface area contributed by atoms with Gasteiger partial charge in [0.05, 0.1) is 0 Å². The van der Waals surface area contributed by atoms with Gasteiger partial charge in [-0.25, -0.2) is 0 Å². The lowest BCUT2D eigenvalue weighted by molar-refractivity contribution is 0.482. The Hall–Kier alpha value is -1.68. The van der Waals surface area contributed by atoms with E-state index >= 15 is 0 Å². The first-order valence-corrected chi connectivity index (χ1v) is 6.81. The summed E-state index contributed by atoms with van der Waals surface area (Å²) < 4.78 is 2.11. The molecular weight excluding hydrogens is 236 g/mol. The Kier molecular flexibility index (Phi) is 4.32. The average Bonchev–Trinajstić information content (AvgIpc) is 2.78. The van der Waals surface area contributed by atoms with Crippen LogP contribution in [0.1, 0.15) is 37.8 Å². The van der Waals surface area contributed by atoms with Crippen LogP contribution < -0.4 is 5.73 Å². The molecule has 0 aliphatic heterocycles. The second-order valence-electron chi connectivity index (χ2n) is 5.34. The molecule has 0 aliphatic rings. The highest BCUT2D eigenvalue weighted by atomic mass is 15.3. The Morgan fingerprint density at radius 2 is 1.84 bits per heavy atom. The van der Waals surface area contributed by atoms with Gasteiger partial charge in [-0.3, -0.25) is 4.57 Å². The predicted molar refractivity (Wildman–Crippen MR) is 77.3 cm³/mol. The van der Waals surface area contributed by atoms with E-state index < -0.39 is 0 Å². The van der Waals surface area contributed by atoms with Crippen molar-refractivity contribution in [2.75, 3.05) is 6.54 Å². The molecule has 4 heteroatoms. The van der Waals surface area contributed by atoms with E-state index in [0.29, 0.717) is 12.5 Å². The van der Waals surface area contributed by atoms with Crippen LogP contribution in [0.5, 0.6) is 0 Å². The lowest BCUT2D eigenvalue weighted by atomic mass is 9.96. The quantitative estimate of drug-likeness (QED) is 0.897. The van der Waals surface area contributed by atoms with Crippen molar-refractivity contribution in [3.05, 3.63) is 42.0 Å². The highest BCUT2D eigenvalue weighted by Crippen LogP contribution is 2.24. The van der Waals surface area contributed by atoms with E-state index in [1.165, 1.54) is 0 Å². The van der Waals surface area contributed by atoms with Crippen LogP contribution in [-0.4, -0.2) is 21.3 Å². The molecule has 4 nitrogen and oxygen atoms in total. The molecule has 0 spiro atoms. The van der Waals surface area contributed by atoms with Gasteiger partial charge >= 0.3 is 0 Å².